The molecule has 1 aliphatic heterocycles. The number of ether oxygens (including phenoxy) is 1. The average Bonchev–Trinajstić information content (AvgIpc) is 2.70. The van der Waals surface area contributed by atoms with E-state index >= 15 is 0 Å². The van der Waals surface area contributed by atoms with Gasteiger partial charge in [0.2, 0.25) is 0 Å². The lowest BCUT2D eigenvalue weighted by atomic mass is 10.1. The molecular formula is C21H25FN4O2. The molecule has 0 bridgehead atoms. The number of amides is 1. The van der Waals surface area contributed by atoms with Crippen molar-refractivity contribution in [2.24, 2.45) is 5.10 Å². The summed E-state index contributed by atoms with van der Waals surface area (Å²) in [6.45, 7) is 6.72. The molecule has 1 fully saturated rings. The molecule has 1 amide bonds. The van der Waals surface area contributed by atoms with Gasteiger partial charge in [-0.25, -0.2) is 9.82 Å². The van der Waals surface area contributed by atoms with Crippen molar-refractivity contribution in [3.05, 3.63) is 58.9 Å². The predicted molar refractivity (Wildman–Crippen MR) is 110 cm³/mol. The van der Waals surface area contributed by atoms with E-state index in [0.717, 1.165) is 11.3 Å². The van der Waals surface area contributed by atoms with E-state index in [1.807, 2.05) is 36.9 Å². The highest BCUT2D eigenvalue weighted by Crippen LogP contribution is 2.21. The number of morpholine rings is 1. The maximum atomic E-state index is 14.3. The van der Waals surface area contributed by atoms with Crippen molar-refractivity contribution in [2.75, 3.05) is 43.1 Å². The number of hydrogen-bond donors (Lipinski definition) is 2. The molecule has 0 unspecified atom stereocenters. The number of rotatable bonds is 6. The van der Waals surface area contributed by atoms with E-state index in [9.17, 15) is 9.18 Å². The molecular weight excluding hydrogens is 359 g/mol. The van der Waals surface area contributed by atoms with Gasteiger partial charge >= 0.3 is 0 Å². The lowest BCUT2D eigenvalue weighted by molar-refractivity contribution is -0.119. The SMILES string of the molecule is Cc1ccc(NCC(=O)N/N=C\c2ccc(N3CCOCC3)c(F)c2)cc1C. The van der Waals surface area contributed by atoms with Crippen LogP contribution in [0.15, 0.2) is 41.5 Å². The van der Waals surface area contributed by atoms with Crippen molar-refractivity contribution in [3.8, 4) is 0 Å². The number of nitrogens with zero attached hydrogens (tertiary/aromatic N) is 2. The Morgan fingerprint density at radius 1 is 1.18 bits per heavy atom. The zero-order valence-corrected chi connectivity index (χ0v) is 16.2. The van der Waals surface area contributed by atoms with E-state index in [0.29, 0.717) is 37.6 Å². The van der Waals surface area contributed by atoms with Gasteiger partial charge in [-0.15, -0.1) is 0 Å². The Morgan fingerprint density at radius 2 is 1.96 bits per heavy atom. The number of carbonyl (C=O) groups is 1. The van der Waals surface area contributed by atoms with Gasteiger partial charge < -0.3 is 15.0 Å². The van der Waals surface area contributed by atoms with Crippen molar-refractivity contribution in [2.45, 2.75) is 13.8 Å². The number of benzene rings is 2. The molecule has 148 valence electrons. The second kappa shape index (κ2) is 9.32. The van der Waals surface area contributed by atoms with E-state index in [2.05, 4.69) is 15.8 Å². The summed E-state index contributed by atoms with van der Waals surface area (Å²) in [5, 5.41) is 6.96. The summed E-state index contributed by atoms with van der Waals surface area (Å²) in [5.41, 5.74) is 6.82. The van der Waals surface area contributed by atoms with Crippen LogP contribution in [0.5, 0.6) is 0 Å². The molecule has 3 rings (SSSR count). The summed E-state index contributed by atoms with van der Waals surface area (Å²) in [5.74, 6) is -0.589. The molecule has 2 aromatic rings. The molecule has 0 saturated carbocycles. The Kier molecular flexibility index (Phi) is 6.60. The Morgan fingerprint density at radius 3 is 2.68 bits per heavy atom. The number of carbonyl (C=O) groups excluding carboxylic acids is 1. The zero-order valence-electron chi connectivity index (χ0n) is 16.2. The first kappa shape index (κ1) is 19.8. The van der Waals surface area contributed by atoms with E-state index in [-0.39, 0.29) is 18.3 Å². The maximum absolute atomic E-state index is 14.3. The van der Waals surface area contributed by atoms with E-state index in [4.69, 9.17) is 4.74 Å². The Labute approximate surface area is 164 Å². The number of hydrazone groups is 1. The molecule has 0 radical (unpaired) electrons. The highest BCUT2D eigenvalue weighted by atomic mass is 19.1. The van der Waals surface area contributed by atoms with Gasteiger partial charge in [-0.05, 0) is 54.8 Å². The van der Waals surface area contributed by atoms with Crippen molar-refractivity contribution in [1.82, 2.24) is 5.43 Å². The predicted octanol–water partition coefficient (Wildman–Crippen LogP) is 2.84. The zero-order chi connectivity index (χ0) is 19.9. The fourth-order valence-electron chi connectivity index (χ4n) is 2.92. The molecule has 0 aliphatic carbocycles. The quantitative estimate of drug-likeness (QED) is 0.594. The standard InChI is InChI=1S/C21H25FN4O2/c1-15-3-5-18(11-16(15)2)23-14-21(27)25-24-13-17-4-6-20(19(22)12-17)26-7-9-28-10-8-26/h3-6,11-13,23H,7-10,14H2,1-2H3,(H,25,27)/b24-13-. The van der Waals surface area contributed by atoms with Gasteiger partial charge in [0.1, 0.15) is 5.82 Å². The summed E-state index contributed by atoms with van der Waals surface area (Å²) in [6.07, 6.45) is 1.43. The summed E-state index contributed by atoms with van der Waals surface area (Å²) in [6, 6.07) is 10.8. The lowest BCUT2D eigenvalue weighted by Gasteiger charge is -2.29. The molecule has 1 saturated heterocycles. The average molecular weight is 384 g/mol. The third-order valence-corrected chi connectivity index (χ3v) is 4.69. The van der Waals surface area contributed by atoms with Gasteiger partial charge in [0.05, 0.1) is 31.7 Å². The topological polar surface area (TPSA) is 66.0 Å². The van der Waals surface area contributed by atoms with Crippen LogP contribution in [0.25, 0.3) is 0 Å². The van der Waals surface area contributed by atoms with Gasteiger partial charge in [0, 0.05) is 18.8 Å². The van der Waals surface area contributed by atoms with Crippen molar-refractivity contribution in [1.29, 1.82) is 0 Å². The van der Waals surface area contributed by atoms with Crippen LogP contribution >= 0.6 is 0 Å². The maximum Gasteiger partial charge on any atom is 0.259 e. The van der Waals surface area contributed by atoms with Crippen molar-refractivity contribution >= 4 is 23.5 Å². The lowest BCUT2D eigenvalue weighted by Crippen LogP contribution is -2.36. The largest absolute Gasteiger partial charge is 0.378 e. The van der Waals surface area contributed by atoms with Crippen LogP contribution in [0.3, 0.4) is 0 Å². The van der Waals surface area contributed by atoms with E-state index < -0.39 is 0 Å². The monoisotopic (exact) mass is 384 g/mol. The van der Waals surface area contributed by atoms with Gasteiger partial charge in [0.15, 0.2) is 0 Å². The van der Waals surface area contributed by atoms with Crippen LogP contribution < -0.4 is 15.6 Å². The fourth-order valence-corrected chi connectivity index (χ4v) is 2.92. The minimum absolute atomic E-state index is 0.101. The van der Waals surface area contributed by atoms with Crippen LogP contribution in [-0.4, -0.2) is 45.0 Å². The molecule has 2 N–H and O–H groups in total. The fraction of sp³-hybridized carbons (Fsp3) is 0.333. The number of aryl methyl sites for hydroxylation is 2. The number of nitrogens with one attached hydrogen (secondary N) is 2. The summed E-state index contributed by atoms with van der Waals surface area (Å²) in [7, 11) is 0. The number of anilines is 2. The third-order valence-electron chi connectivity index (χ3n) is 4.69. The normalized spacial score (nSPS) is 14.3. The molecule has 0 aromatic heterocycles. The molecule has 2 aromatic carbocycles. The Balaban J connectivity index is 1.50. The molecule has 1 aliphatic rings. The smallest absolute Gasteiger partial charge is 0.259 e. The van der Waals surface area contributed by atoms with E-state index in [1.54, 1.807) is 12.1 Å². The Hall–Kier alpha value is -2.93. The van der Waals surface area contributed by atoms with Gasteiger partial charge in [-0.3, -0.25) is 4.79 Å². The molecule has 1 heterocycles. The van der Waals surface area contributed by atoms with E-state index in [1.165, 1.54) is 17.8 Å². The molecule has 0 atom stereocenters. The van der Waals surface area contributed by atoms with Gasteiger partial charge in [-0.2, -0.15) is 5.10 Å². The van der Waals surface area contributed by atoms with Crippen molar-refractivity contribution in [3.63, 3.8) is 0 Å². The summed E-state index contributed by atoms with van der Waals surface area (Å²) < 4.78 is 19.6. The minimum Gasteiger partial charge on any atom is -0.378 e. The van der Waals surface area contributed by atoms with Crippen LogP contribution in [0, 0.1) is 19.7 Å². The molecule has 7 heteroatoms. The molecule has 28 heavy (non-hydrogen) atoms. The van der Waals surface area contributed by atoms with Gasteiger partial charge in [0.25, 0.3) is 5.91 Å². The Bertz CT molecular complexity index is 863. The first-order valence-corrected chi connectivity index (χ1v) is 9.28. The van der Waals surface area contributed by atoms with Crippen LogP contribution in [0.2, 0.25) is 0 Å². The number of halogens is 1. The molecule has 6 nitrogen and oxygen atoms in total. The third kappa shape index (κ3) is 5.29. The van der Waals surface area contributed by atoms with Crippen LogP contribution in [0.4, 0.5) is 15.8 Å². The second-order valence-corrected chi connectivity index (χ2v) is 6.76. The highest BCUT2D eigenvalue weighted by Gasteiger charge is 2.14. The first-order chi connectivity index (χ1) is 13.5. The van der Waals surface area contributed by atoms with Crippen molar-refractivity contribution < 1.29 is 13.9 Å². The molecule has 0 spiro atoms. The summed E-state index contributed by atoms with van der Waals surface area (Å²) >= 11 is 0. The summed E-state index contributed by atoms with van der Waals surface area (Å²) in [4.78, 5) is 13.9. The first-order valence-electron chi connectivity index (χ1n) is 9.28. The highest BCUT2D eigenvalue weighted by molar-refractivity contribution is 5.84. The van der Waals surface area contributed by atoms with Crippen LogP contribution in [0.1, 0.15) is 16.7 Å². The second-order valence-electron chi connectivity index (χ2n) is 6.76. The van der Waals surface area contributed by atoms with Crippen LogP contribution in [-0.2, 0) is 9.53 Å². The van der Waals surface area contributed by atoms with Gasteiger partial charge in [-0.1, -0.05) is 12.1 Å². The minimum atomic E-state index is -0.311. The number of hydrogen-bond acceptors (Lipinski definition) is 5.